The van der Waals surface area contributed by atoms with Crippen LogP contribution in [0.25, 0.3) is 0 Å². The van der Waals surface area contributed by atoms with Crippen molar-refractivity contribution in [2.45, 2.75) is 53.0 Å². The number of Topliss-reactive ketones (excluding diaryl/α,β-unsaturated/α-hetero) is 1. The second kappa shape index (κ2) is 6.80. The van der Waals surface area contributed by atoms with Crippen molar-refractivity contribution in [2.75, 3.05) is 13.1 Å². The Morgan fingerprint density at radius 1 is 1.16 bits per heavy atom. The van der Waals surface area contributed by atoms with Crippen molar-refractivity contribution in [3.8, 4) is 0 Å². The lowest BCUT2D eigenvalue weighted by Crippen LogP contribution is -2.53. The summed E-state index contributed by atoms with van der Waals surface area (Å²) in [7, 11) is 0. The smallest absolute Gasteiger partial charge is 0.184 e. The molecule has 0 unspecified atom stereocenters. The Morgan fingerprint density at radius 3 is 2.11 bits per heavy atom. The van der Waals surface area contributed by atoms with Gasteiger partial charge in [0.1, 0.15) is 0 Å². The largest absolute Gasteiger partial charge is 0.292 e. The number of aryl methyl sites for hydroxylation is 1. The van der Waals surface area contributed by atoms with E-state index in [4.69, 9.17) is 0 Å². The Bertz CT molecular complexity index is 403. The summed E-state index contributed by atoms with van der Waals surface area (Å²) >= 11 is 0. The highest BCUT2D eigenvalue weighted by Crippen LogP contribution is 2.28. The van der Waals surface area contributed by atoms with Gasteiger partial charge in [0.25, 0.3) is 0 Å². The molecule has 0 bridgehead atoms. The Hall–Kier alpha value is -1.22. The van der Waals surface area contributed by atoms with Gasteiger partial charge in [0.15, 0.2) is 5.78 Å². The summed E-state index contributed by atoms with van der Waals surface area (Å²) < 4.78 is 0. The fourth-order valence-corrected chi connectivity index (χ4v) is 2.86. The van der Waals surface area contributed by atoms with Crippen LogP contribution >= 0.6 is 0 Å². The monoisotopic (exact) mass is 262 g/mol. The molecule has 0 amide bonds. The number of hydrogen-bond donors (Lipinski definition) is 0. The Morgan fingerprint density at radius 2 is 1.74 bits per heavy atom. The van der Waals surface area contributed by atoms with Gasteiger partial charge in [-0.25, -0.2) is 0 Å². The van der Waals surface area contributed by atoms with Crippen LogP contribution in [0.1, 0.15) is 56.6 Å². The summed E-state index contributed by atoms with van der Waals surface area (Å²) in [6, 6.07) is 3.81. The summed E-state index contributed by atoms with van der Waals surface area (Å²) in [5.74, 6) is 0.203. The van der Waals surface area contributed by atoms with Gasteiger partial charge in [-0.15, -0.1) is 0 Å². The van der Waals surface area contributed by atoms with Gasteiger partial charge in [-0.1, -0.05) is 27.7 Å². The SMILES string of the molecule is CCN(CC)C(CC)(CC)C(=O)c1ccc(C)nc1. The zero-order valence-corrected chi connectivity index (χ0v) is 12.9. The Labute approximate surface area is 117 Å². The van der Waals surface area contributed by atoms with Crippen molar-refractivity contribution < 1.29 is 4.79 Å². The van der Waals surface area contributed by atoms with Gasteiger partial charge in [-0.05, 0) is 45.0 Å². The minimum atomic E-state index is -0.388. The standard InChI is InChI=1S/C16H26N2O/c1-6-16(7-2,18(8-3)9-4)15(19)14-11-10-13(5)17-12-14/h10-12H,6-9H2,1-5H3. The third kappa shape index (κ3) is 3.03. The van der Waals surface area contributed by atoms with E-state index in [-0.39, 0.29) is 11.3 Å². The molecule has 1 heterocycles. The first kappa shape index (κ1) is 15.8. The summed E-state index contributed by atoms with van der Waals surface area (Å²) in [5, 5.41) is 0. The predicted octanol–water partition coefficient (Wildman–Crippen LogP) is 3.47. The molecule has 0 spiro atoms. The number of carbonyl (C=O) groups is 1. The molecule has 0 saturated heterocycles. The van der Waals surface area contributed by atoms with Crippen molar-refractivity contribution in [2.24, 2.45) is 0 Å². The van der Waals surface area contributed by atoms with Crippen LogP contribution in [-0.4, -0.2) is 34.3 Å². The Kier molecular flexibility index (Phi) is 5.67. The van der Waals surface area contributed by atoms with Crippen molar-refractivity contribution in [3.63, 3.8) is 0 Å². The molecule has 0 saturated carbocycles. The molecule has 0 aliphatic rings. The zero-order valence-electron chi connectivity index (χ0n) is 12.9. The first-order chi connectivity index (χ1) is 9.05. The highest BCUT2D eigenvalue weighted by atomic mass is 16.1. The molecular formula is C16H26N2O. The van der Waals surface area contributed by atoms with Gasteiger partial charge in [0, 0.05) is 17.5 Å². The summed E-state index contributed by atoms with van der Waals surface area (Å²) in [6.07, 6.45) is 3.37. The lowest BCUT2D eigenvalue weighted by Gasteiger charge is -2.40. The van der Waals surface area contributed by atoms with E-state index in [1.807, 2.05) is 19.1 Å². The van der Waals surface area contributed by atoms with Crippen molar-refractivity contribution in [1.82, 2.24) is 9.88 Å². The maximum absolute atomic E-state index is 12.9. The molecule has 0 N–H and O–H groups in total. The van der Waals surface area contributed by atoms with E-state index in [0.29, 0.717) is 0 Å². The summed E-state index contributed by atoms with van der Waals surface area (Å²) in [6.45, 7) is 12.1. The molecule has 0 atom stereocenters. The van der Waals surface area contributed by atoms with Crippen LogP contribution in [0.15, 0.2) is 18.3 Å². The van der Waals surface area contributed by atoms with E-state index in [1.165, 1.54) is 0 Å². The minimum Gasteiger partial charge on any atom is -0.292 e. The molecule has 0 aliphatic carbocycles. The van der Waals surface area contributed by atoms with Gasteiger partial charge in [-0.2, -0.15) is 0 Å². The molecule has 0 radical (unpaired) electrons. The van der Waals surface area contributed by atoms with Crippen LogP contribution in [0.3, 0.4) is 0 Å². The predicted molar refractivity (Wildman–Crippen MR) is 79.5 cm³/mol. The maximum Gasteiger partial charge on any atom is 0.184 e. The van der Waals surface area contributed by atoms with Crippen molar-refractivity contribution in [1.29, 1.82) is 0 Å². The zero-order chi connectivity index (χ0) is 14.5. The topological polar surface area (TPSA) is 33.2 Å². The molecule has 1 rings (SSSR count). The highest BCUT2D eigenvalue weighted by Gasteiger charge is 2.39. The lowest BCUT2D eigenvalue weighted by atomic mass is 9.83. The van der Waals surface area contributed by atoms with E-state index in [2.05, 4.69) is 37.6 Å². The van der Waals surface area contributed by atoms with E-state index in [9.17, 15) is 4.79 Å². The van der Waals surface area contributed by atoms with Crippen molar-refractivity contribution >= 4 is 5.78 Å². The van der Waals surface area contributed by atoms with Crippen LogP contribution < -0.4 is 0 Å². The average Bonchev–Trinajstić information content (AvgIpc) is 2.45. The maximum atomic E-state index is 12.9. The number of carbonyl (C=O) groups excluding carboxylic acids is 1. The van der Waals surface area contributed by atoms with Gasteiger partial charge >= 0.3 is 0 Å². The van der Waals surface area contributed by atoms with Crippen LogP contribution in [0, 0.1) is 6.92 Å². The summed E-state index contributed by atoms with van der Waals surface area (Å²) in [4.78, 5) is 19.4. The molecule has 106 valence electrons. The molecule has 3 heteroatoms. The van der Waals surface area contributed by atoms with Gasteiger partial charge in [0.05, 0.1) is 5.54 Å². The number of aromatic nitrogens is 1. The Balaban J connectivity index is 3.18. The van der Waals surface area contributed by atoms with Gasteiger partial charge in [0.2, 0.25) is 0 Å². The number of hydrogen-bond acceptors (Lipinski definition) is 3. The average molecular weight is 262 g/mol. The molecule has 0 aromatic carbocycles. The first-order valence-corrected chi connectivity index (χ1v) is 7.28. The normalized spacial score (nSPS) is 11.9. The molecule has 0 aliphatic heterocycles. The van der Waals surface area contributed by atoms with Crippen molar-refractivity contribution in [3.05, 3.63) is 29.6 Å². The molecule has 1 aromatic rings. The number of ketones is 1. The molecular weight excluding hydrogens is 236 g/mol. The number of pyridine rings is 1. The van der Waals surface area contributed by atoms with E-state index in [1.54, 1.807) is 6.20 Å². The second-order valence-electron chi connectivity index (χ2n) is 4.93. The van der Waals surface area contributed by atoms with Crippen LogP contribution in [0.4, 0.5) is 0 Å². The molecule has 0 fully saturated rings. The fourth-order valence-electron chi connectivity index (χ4n) is 2.86. The summed E-state index contributed by atoms with van der Waals surface area (Å²) in [5.41, 5.74) is 1.28. The number of nitrogens with zero attached hydrogens (tertiary/aromatic N) is 2. The van der Waals surface area contributed by atoms with Crippen LogP contribution in [0.5, 0.6) is 0 Å². The van der Waals surface area contributed by atoms with E-state index < -0.39 is 0 Å². The second-order valence-corrected chi connectivity index (χ2v) is 4.93. The molecule has 3 nitrogen and oxygen atoms in total. The van der Waals surface area contributed by atoms with Gasteiger partial charge < -0.3 is 0 Å². The lowest BCUT2D eigenvalue weighted by molar-refractivity contribution is 0.0534. The minimum absolute atomic E-state index is 0.203. The highest BCUT2D eigenvalue weighted by molar-refractivity contribution is 6.03. The van der Waals surface area contributed by atoms with Crippen LogP contribution in [0.2, 0.25) is 0 Å². The molecule has 1 aromatic heterocycles. The number of likely N-dealkylation sites (N-methyl/N-ethyl adjacent to an activating group) is 1. The van der Waals surface area contributed by atoms with E-state index >= 15 is 0 Å². The molecule has 19 heavy (non-hydrogen) atoms. The quantitative estimate of drug-likeness (QED) is 0.705. The van der Waals surface area contributed by atoms with E-state index in [0.717, 1.165) is 37.2 Å². The van der Waals surface area contributed by atoms with Crippen LogP contribution in [-0.2, 0) is 0 Å². The first-order valence-electron chi connectivity index (χ1n) is 7.28. The third-order valence-corrected chi connectivity index (χ3v) is 4.13. The third-order valence-electron chi connectivity index (χ3n) is 4.13. The van der Waals surface area contributed by atoms with Gasteiger partial charge in [-0.3, -0.25) is 14.7 Å². The fraction of sp³-hybridized carbons (Fsp3) is 0.625. The number of rotatable bonds is 7.